The first kappa shape index (κ1) is 18.7. The number of ether oxygens (including phenoxy) is 1. The summed E-state index contributed by atoms with van der Waals surface area (Å²) in [6, 6.07) is 21.0. The zero-order valence-corrected chi connectivity index (χ0v) is 15.6. The van der Waals surface area contributed by atoms with Gasteiger partial charge in [-0.3, -0.25) is 4.79 Å². The molecule has 0 spiro atoms. The molecule has 3 rings (SSSR count). The van der Waals surface area contributed by atoms with Gasteiger partial charge in [0.1, 0.15) is 12.4 Å². The standard InChI is InChI=1S/C22H24N2O3/c1-24(2)20(21-9-6-14-26-21)15-23-22(25)18-12-10-17(11-13-18)16-27-19-7-4-3-5-8-19/h3-14,20H,15-16H2,1-2H3,(H,23,25)/p+1/t20-/m1/s1. The number of hydrogen-bond acceptors (Lipinski definition) is 3. The molecule has 5 nitrogen and oxygen atoms in total. The lowest BCUT2D eigenvalue weighted by Crippen LogP contribution is -3.07. The minimum atomic E-state index is -0.0941. The van der Waals surface area contributed by atoms with E-state index < -0.39 is 0 Å². The molecule has 1 atom stereocenters. The zero-order valence-electron chi connectivity index (χ0n) is 15.6. The third-order valence-corrected chi connectivity index (χ3v) is 4.42. The van der Waals surface area contributed by atoms with Gasteiger partial charge in [0.2, 0.25) is 0 Å². The highest BCUT2D eigenvalue weighted by Gasteiger charge is 2.21. The maximum absolute atomic E-state index is 12.4. The fourth-order valence-corrected chi connectivity index (χ4v) is 2.81. The number of quaternary nitrogens is 1. The van der Waals surface area contributed by atoms with Crippen molar-refractivity contribution in [1.82, 2.24) is 5.32 Å². The molecule has 0 aliphatic heterocycles. The highest BCUT2D eigenvalue weighted by Crippen LogP contribution is 2.13. The van der Waals surface area contributed by atoms with Crippen molar-refractivity contribution >= 4 is 5.91 Å². The zero-order chi connectivity index (χ0) is 19.1. The van der Waals surface area contributed by atoms with Gasteiger partial charge in [0.05, 0.1) is 26.9 Å². The molecule has 0 fully saturated rings. The molecule has 5 heteroatoms. The van der Waals surface area contributed by atoms with Gasteiger partial charge in [-0.1, -0.05) is 30.3 Å². The summed E-state index contributed by atoms with van der Waals surface area (Å²) in [5.41, 5.74) is 1.65. The van der Waals surface area contributed by atoms with E-state index in [0.717, 1.165) is 17.1 Å². The summed E-state index contributed by atoms with van der Waals surface area (Å²) in [6.45, 7) is 0.976. The van der Waals surface area contributed by atoms with Gasteiger partial charge in [0.15, 0.2) is 11.8 Å². The van der Waals surface area contributed by atoms with Crippen molar-refractivity contribution in [1.29, 1.82) is 0 Å². The average Bonchev–Trinajstić information content (AvgIpc) is 3.22. The second kappa shape index (κ2) is 9.05. The Labute approximate surface area is 159 Å². The van der Waals surface area contributed by atoms with Crippen LogP contribution in [0.2, 0.25) is 0 Å². The van der Waals surface area contributed by atoms with Crippen LogP contribution < -0.4 is 15.0 Å². The van der Waals surface area contributed by atoms with Crippen LogP contribution in [0.1, 0.15) is 27.7 Å². The Hall–Kier alpha value is -3.05. The van der Waals surface area contributed by atoms with Crippen molar-refractivity contribution in [3.8, 4) is 5.75 Å². The molecule has 0 aliphatic carbocycles. The van der Waals surface area contributed by atoms with Gasteiger partial charge in [-0.2, -0.15) is 0 Å². The number of amides is 1. The molecule has 27 heavy (non-hydrogen) atoms. The molecule has 0 aliphatic rings. The van der Waals surface area contributed by atoms with Crippen molar-refractivity contribution in [3.05, 3.63) is 89.9 Å². The molecule has 140 valence electrons. The van der Waals surface area contributed by atoms with E-state index in [1.54, 1.807) is 6.26 Å². The second-order valence-corrected chi connectivity index (χ2v) is 6.65. The lowest BCUT2D eigenvalue weighted by molar-refractivity contribution is -0.891. The topological polar surface area (TPSA) is 55.9 Å². The van der Waals surface area contributed by atoms with E-state index in [9.17, 15) is 4.79 Å². The van der Waals surface area contributed by atoms with Gasteiger partial charge < -0.3 is 19.4 Å². The number of likely N-dealkylation sites (N-methyl/N-ethyl adjacent to an activating group) is 1. The molecule has 2 N–H and O–H groups in total. The Morgan fingerprint density at radius 3 is 2.41 bits per heavy atom. The number of hydrogen-bond donors (Lipinski definition) is 2. The molecular formula is C22H25N2O3+. The molecule has 0 saturated heterocycles. The predicted molar refractivity (Wildman–Crippen MR) is 104 cm³/mol. The van der Waals surface area contributed by atoms with Crippen molar-refractivity contribution in [2.45, 2.75) is 12.6 Å². The summed E-state index contributed by atoms with van der Waals surface area (Å²) < 4.78 is 11.2. The maximum Gasteiger partial charge on any atom is 0.251 e. The highest BCUT2D eigenvalue weighted by molar-refractivity contribution is 5.94. The van der Waals surface area contributed by atoms with Crippen molar-refractivity contribution in [3.63, 3.8) is 0 Å². The fraction of sp³-hybridized carbons (Fsp3) is 0.227. The van der Waals surface area contributed by atoms with Crippen LogP contribution in [-0.2, 0) is 6.61 Å². The Kier molecular flexibility index (Phi) is 6.28. The van der Waals surface area contributed by atoms with E-state index in [1.165, 1.54) is 4.90 Å². The summed E-state index contributed by atoms with van der Waals surface area (Å²) in [6.07, 6.45) is 1.66. The maximum atomic E-state index is 12.4. The van der Waals surface area contributed by atoms with E-state index in [2.05, 4.69) is 5.32 Å². The van der Waals surface area contributed by atoms with Crippen LogP contribution in [-0.4, -0.2) is 26.5 Å². The molecule has 1 heterocycles. The quantitative estimate of drug-likeness (QED) is 0.645. The summed E-state index contributed by atoms with van der Waals surface area (Å²) in [7, 11) is 4.09. The SMILES string of the molecule is C[NH+](C)[C@H](CNC(=O)c1ccc(COc2ccccc2)cc1)c1ccco1. The van der Waals surface area contributed by atoms with Crippen LogP contribution in [0.3, 0.4) is 0 Å². The molecule has 1 amide bonds. The number of rotatable bonds is 8. The van der Waals surface area contributed by atoms with Gasteiger partial charge in [-0.05, 0) is 42.0 Å². The molecule has 0 radical (unpaired) electrons. The van der Waals surface area contributed by atoms with Crippen molar-refractivity contribution in [2.24, 2.45) is 0 Å². The fourth-order valence-electron chi connectivity index (χ4n) is 2.81. The van der Waals surface area contributed by atoms with Gasteiger partial charge in [-0.15, -0.1) is 0 Å². The minimum absolute atomic E-state index is 0.0718. The van der Waals surface area contributed by atoms with Gasteiger partial charge >= 0.3 is 0 Å². The molecule has 0 bridgehead atoms. The number of para-hydroxylation sites is 1. The van der Waals surface area contributed by atoms with E-state index in [4.69, 9.17) is 9.15 Å². The largest absolute Gasteiger partial charge is 0.489 e. The number of carbonyl (C=O) groups excluding carboxylic acids is 1. The summed E-state index contributed by atoms with van der Waals surface area (Å²) >= 11 is 0. The van der Waals surface area contributed by atoms with Crippen LogP contribution in [0.25, 0.3) is 0 Å². The lowest BCUT2D eigenvalue weighted by Gasteiger charge is -2.19. The Bertz CT molecular complexity index is 828. The van der Waals surface area contributed by atoms with Crippen LogP contribution >= 0.6 is 0 Å². The normalized spacial score (nSPS) is 12.0. The minimum Gasteiger partial charge on any atom is -0.489 e. The first-order valence-electron chi connectivity index (χ1n) is 9.02. The average molecular weight is 365 g/mol. The van der Waals surface area contributed by atoms with Gasteiger partial charge in [0, 0.05) is 5.56 Å². The van der Waals surface area contributed by atoms with Crippen LogP contribution in [0.4, 0.5) is 0 Å². The van der Waals surface area contributed by atoms with E-state index in [0.29, 0.717) is 18.7 Å². The van der Waals surface area contributed by atoms with Crippen molar-refractivity contribution < 1.29 is 18.8 Å². The Morgan fingerprint density at radius 1 is 1.04 bits per heavy atom. The van der Waals surface area contributed by atoms with Gasteiger partial charge in [-0.25, -0.2) is 0 Å². The summed E-state index contributed by atoms with van der Waals surface area (Å²) in [4.78, 5) is 13.6. The smallest absolute Gasteiger partial charge is 0.251 e. The third kappa shape index (κ3) is 5.21. The van der Waals surface area contributed by atoms with Crippen LogP contribution in [0.5, 0.6) is 5.75 Å². The third-order valence-electron chi connectivity index (χ3n) is 4.42. The first-order chi connectivity index (χ1) is 13.1. The number of furan rings is 1. The molecule has 2 aromatic carbocycles. The number of benzene rings is 2. The monoisotopic (exact) mass is 365 g/mol. The Balaban J connectivity index is 1.54. The molecule has 0 unspecified atom stereocenters. The van der Waals surface area contributed by atoms with Crippen molar-refractivity contribution in [2.75, 3.05) is 20.6 Å². The van der Waals surface area contributed by atoms with Crippen LogP contribution in [0, 0.1) is 0 Å². The first-order valence-corrected chi connectivity index (χ1v) is 9.02. The van der Waals surface area contributed by atoms with E-state index >= 15 is 0 Å². The van der Waals surface area contributed by atoms with E-state index in [1.807, 2.05) is 80.8 Å². The van der Waals surface area contributed by atoms with Crippen LogP contribution in [0.15, 0.2) is 77.4 Å². The summed E-state index contributed by atoms with van der Waals surface area (Å²) in [5, 5.41) is 2.99. The molecule has 1 aromatic heterocycles. The van der Waals surface area contributed by atoms with E-state index in [-0.39, 0.29) is 11.9 Å². The second-order valence-electron chi connectivity index (χ2n) is 6.65. The number of carbonyl (C=O) groups is 1. The Morgan fingerprint density at radius 2 is 1.78 bits per heavy atom. The number of nitrogens with one attached hydrogen (secondary N) is 2. The van der Waals surface area contributed by atoms with Gasteiger partial charge in [0.25, 0.3) is 5.91 Å². The molecule has 3 aromatic rings. The molecular weight excluding hydrogens is 340 g/mol. The highest BCUT2D eigenvalue weighted by atomic mass is 16.5. The predicted octanol–water partition coefficient (Wildman–Crippen LogP) is 2.47. The summed E-state index contributed by atoms with van der Waals surface area (Å²) in [5.74, 6) is 1.60. The lowest BCUT2D eigenvalue weighted by atomic mass is 10.1. The molecule has 0 saturated carbocycles.